The first-order chi connectivity index (χ1) is 8.29. The Balaban J connectivity index is 2.63. The number of hydrogen-bond donors (Lipinski definition) is 5. The third-order valence-corrected chi connectivity index (χ3v) is 2.44. The molecule has 0 aromatic heterocycles. The minimum Gasteiger partial charge on any atom is -0.508 e. The summed E-state index contributed by atoms with van der Waals surface area (Å²) in [6, 6.07) is 5.37. The molecule has 0 atom stereocenters. The summed E-state index contributed by atoms with van der Waals surface area (Å²) < 4.78 is 0. The molecule has 1 aromatic rings. The van der Waals surface area contributed by atoms with Crippen molar-refractivity contribution in [2.24, 2.45) is 0 Å². The summed E-state index contributed by atoms with van der Waals surface area (Å²) in [4.78, 5) is 0. The van der Waals surface area contributed by atoms with Crippen molar-refractivity contribution in [2.45, 2.75) is 13.1 Å². The molecule has 0 aliphatic rings. The van der Waals surface area contributed by atoms with Crippen molar-refractivity contribution in [3.05, 3.63) is 29.3 Å². The number of aliphatic hydroxyl groups is 2. The molecule has 96 valence electrons. The summed E-state index contributed by atoms with van der Waals surface area (Å²) >= 11 is 0. The fourth-order valence-electron chi connectivity index (χ4n) is 1.59. The molecule has 0 aliphatic heterocycles. The van der Waals surface area contributed by atoms with Crippen molar-refractivity contribution in [3.8, 4) is 5.75 Å². The van der Waals surface area contributed by atoms with Gasteiger partial charge in [0.1, 0.15) is 5.75 Å². The van der Waals surface area contributed by atoms with Crippen molar-refractivity contribution in [1.82, 2.24) is 10.6 Å². The highest BCUT2D eigenvalue weighted by molar-refractivity contribution is 5.39. The quantitative estimate of drug-likeness (QED) is 0.398. The van der Waals surface area contributed by atoms with Gasteiger partial charge in [0.05, 0.1) is 13.2 Å². The second-order valence-corrected chi connectivity index (χ2v) is 3.72. The van der Waals surface area contributed by atoms with Crippen LogP contribution in [0.4, 0.5) is 0 Å². The average Bonchev–Trinajstić information content (AvgIpc) is 2.33. The number of phenols is 1. The first kappa shape index (κ1) is 13.9. The Hall–Kier alpha value is -1.14. The van der Waals surface area contributed by atoms with E-state index >= 15 is 0 Å². The maximum absolute atomic E-state index is 9.77. The number of hydrogen-bond acceptors (Lipinski definition) is 5. The monoisotopic (exact) mass is 240 g/mol. The van der Waals surface area contributed by atoms with Crippen LogP contribution in [0.2, 0.25) is 0 Å². The molecular formula is C12H20N2O3. The van der Waals surface area contributed by atoms with Crippen molar-refractivity contribution in [1.29, 1.82) is 0 Å². The summed E-state index contributed by atoms with van der Waals surface area (Å²) in [5, 5.41) is 33.3. The number of aromatic hydroxyl groups is 1. The number of rotatable bonds is 8. The van der Waals surface area contributed by atoms with Crippen molar-refractivity contribution >= 4 is 0 Å². The fourth-order valence-corrected chi connectivity index (χ4v) is 1.59. The Morgan fingerprint density at radius 2 is 1.59 bits per heavy atom. The minimum atomic E-state index is 0.0751. The zero-order chi connectivity index (χ0) is 12.5. The summed E-state index contributed by atoms with van der Waals surface area (Å²) in [7, 11) is 0. The van der Waals surface area contributed by atoms with E-state index in [9.17, 15) is 5.11 Å². The van der Waals surface area contributed by atoms with Gasteiger partial charge < -0.3 is 26.0 Å². The molecule has 5 N–H and O–H groups in total. The van der Waals surface area contributed by atoms with E-state index in [0.29, 0.717) is 26.2 Å². The Morgan fingerprint density at radius 1 is 0.941 bits per heavy atom. The van der Waals surface area contributed by atoms with Gasteiger partial charge >= 0.3 is 0 Å². The highest BCUT2D eigenvalue weighted by atomic mass is 16.3. The van der Waals surface area contributed by atoms with Crippen LogP contribution in [0, 0.1) is 0 Å². The Kier molecular flexibility index (Phi) is 6.57. The Morgan fingerprint density at radius 3 is 2.24 bits per heavy atom. The van der Waals surface area contributed by atoms with Crippen molar-refractivity contribution < 1.29 is 15.3 Å². The molecule has 0 unspecified atom stereocenters. The van der Waals surface area contributed by atoms with E-state index in [4.69, 9.17) is 10.2 Å². The van der Waals surface area contributed by atoms with Crippen LogP contribution in [-0.2, 0) is 13.1 Å². The van der Waals surface area contributed by atoms with Crippen LogP contribution >= 0.6 is 0 Å². The molecule has 1 aromatic carbocycles. The molecule has 0 aliphatic carbocycles. The zero-order valence-corrected chi connectivity index (χ0v) is 9.82. The standard InChI is InChI=1S/C12H20N2O3/c15-6-4-13-8-10-2-1-3-12(17)11(10)9-14-5-7-16/h1-3,13-17H,4-9H2. The van der Waals surface area contributed by atoms with Crippen LogP contribution in [0.3, 0.4) is 0 Å². The molecule has 0 amide bonds. The molecule has 0 bridgehead atoms. The third-order valence-electron chi connectivity index (χ3n) is 2.44. The molecule has 0 heterocycles. The molecular weight excluding hydrogens is 220 g/mol. The summed E-state index contributed by atoms with van der Waals surface area (Å²) in [6.07, 6.45) is 0. The maximum atomic E-state index is 9.77. The first-order valence-corrected chi connectivity index (χ1v) is 5.72. The molecule has 17 heavy (non-hydrogen) atoms. The second kappa shape index (κ2) is 8.03. The number of nitrogens with one attached hydrogen (secondary N) is 2. The van der Waals surface area contributed by atoms with Gasteiger partial charge in [-0.2, -0.15) is 0 Å². The van der Waals surface area contributed by atoms with Crippen molar-refractivity contribution in [2.75, 3.05) is 26.3 Å². The molecule has 5 heteroatoms. The zero-order valence-electron chi connectivity index (χ0n) is 9.82. The largest absolute Gasteiger partial charge is 0.508 e. The van der Waals surface area contributed by atoms with E-state index in [1.165, 1.54) is 0 Å². The van der Waals surface area contributed by atoms with E-state index < -0.39 is 0 Å². The van der Waals surface area contributed by atoms with Crippen molar-refractivity contribution in [3.63, 3.8) is 0 Å². The van der Waals surface area contributed by atoms with E-state index in [0.717, 1.165) is 11.1 Å². The summed E-state index contributed by atoms with van der Waals surface area (Å²) in [5.41, 5.74) is 1.82. The first-order valence-electron chi connectivity index (χ1n) is 5.72. The highest BCUT2D eigenvalue weighted by Crippen LogP contribution is 2.20. The lowest BCUT2D eigenvalue weighted by Gasteiger charge is -2.12. The number of aliphatic hydroxyl groups excluding tert-OH is 2. The Labute approximate surface area is 101 Å². The maximum Gasteiger partial charge on any atom is 0.120 e. The normalized spacial score (nSPS) is 10.7. The van der Waals surface area contributed by atoms with Crippen LogP contribution in [0.15, 0.2) is 18.2 Å². The van der Waals surface area contributed by atoms with E-state index in [2.05, 4.69) is 10.6 Å². The molecule has 0 radical (unpaired) electrons. The van der Waals surface area contributed by atoms with Gasteiger partial charge in [0, 0.05) is 31.7 Å². The van der Waals surface area contributed by atoms with Gasteiger partial charge in [-0.05, 0) is 11.6 Å². The predicted molar refractivity (Wildman–Crippen MR) is 65.7 cm³/mol. The Bertz CT molecular complexity index is 332. The van der Waals surface area contributed by atoms with Gasteiger partial charge in [-0.25, -0.2) is 0 Å². The fraction of sp³-hybridized carbons (Fsp3) is 0.500. The van der Waals surface area contributed by atoms with Crippen LogP contribution in [0.25, 0.3) is 0 Å². The van der Waals surface area contributed by atoms with E-state index in [1.807, 2.05) is 6.07 Å². The molecule has 5 nitrogen and oxygen atoms in total. The number of benzene rings is 1. The predicted octanol–water partition coefficient (Wildman–Crippen LogP) is -0.444. The summed E-state index contributed by atoms with van der Waals surface area (Å²) in [5.74, 6) is 0.249. The smallest absolute Gasteiger partial charge is 0.120 e. The molecule has 0 saturated heterocycles. The van der Waals surface area contributed by atoms with Gasteiger partial charge in [-0.3, -0.25) is 0 Å². The lowest BCUT2D eigenvalue weighted by molar-refractivity contribution is 0.290. The third kappa shape index (κ3) is 4.70. The SMILES string of the molecule is OCCNCc1cccc(O)c1CNCCO. The molecule has 0 spiro atoms. The van der Waals surface area contributed by atoms with Gasteiger partial charge in [0.2, 0.25) is 0 Å². The average molecular weight is 240 g/mol. The van der Waals surface area contributed by atoms with Gasteiger partial charge in [-0.15, -0.1) is 0 Å². The van der Waals surface area contributed by atoms with Gasteiger partial charge in [0.15, 0.2) is 0 Å². The van der Waals surface area contributed by atoms with E-state index in [-0.39, 0.29) is 19.0 Å². The highest BCUT2D eigenvalue weighted by Gasteiger charge is 2.06. The van der Waals surface area contributed by atoms with Crippen LogP contribution in [0.5, 0.6) is 5.75 Å². The van der Waals surface area contributed by atoms with Gasteiger partial charge in [-0.1, -0.05) is 12.1 Å². The second-order valence-electron chi connectivity index (χ2n) is 3.72. The lowest BCUT2D eigenvalue weighted by atomic mass is 10.1. The minimum absolute atomic E-state index is 0.0751. The molecule has 0 saturated carbocycles. The number of phenolic OH excluding ortho intramolecular Hbond substituents is 1. The van der Waals surface area contributed by atoms with Crippen LogP contribution in [-0.4, -0.2) is 41.6 Å². The summed E-state index contributed by atoms with van der Waals surface area (Å²) in [6.45, 7) is 2.31. The topological polar surface area (TPSA) is 84.8 Å². The van der Waals surface area contributed by atoms with Crippen LogP contribution in [0.1, 0.15) is 11.1 Å². The lowest BCUT2D eigenvalue weighted by Crippen LogP contribution is -2.21. The van der Waals surface area contributed by atoms with Gasteiger partial charge in [0.25, 0.3) is 0 Å². The molecule has 0 fully saturated rings. The van der Waals surface area contributed by atoms with E-state index in [1.54, 1.807) is 12.1 Å². The molecule has 1 rings (SSSR count). The van der Waals surface area contributed by atoms with Crippen LogP contribution < -0.4 is 10.6 Å².